The Labute approximate surface area is 145 Å². The number of ether oxygens (including phenoxy) is 1. The van der Waals surface area contributed by atoms with Gasteiger partial charge in [-0.15, -0.1) is 0 Å². The third kappa shape index (κ3) is 3.80. The number of carboxylic acid groups (broad SMARTS) is 1. The third-order valence-corrected chi connectivity index (χ3v) is 5.37. The predicted molar refractivity (Wildman–Crippen MR) is 91.4 cm³/mol. The molecular weight excluding hydrogens is 354 g/mol. The maximum absolute atomic E-state index is 12.9. The second kappa shape index (κ2) is 7.11. The number of aryl methyl sites for hydroxylation is 1. The van der Waals surface area contributed by atoms with Crippen LogP contribution in [-0.4, -0.2) is 33.1 Å². The van der Waals surface area contributed by atoms with Gasteiger partial charge in [0.1, 0.15) is 12.3 Å². The highest BCUT2D eigenvalue weighted by molar-refractivity contribution is 7.92. The van der Waals surface area contributed by atoms with Crippen molar-refractivity contribution in [1.29, 1.82) is 0 Å². The number of nitrogens with zero attached hydrogens (tertiary/aromatic N) is 1. The first-order valence-corrected chi connectivity index (χ1v) is 8.72. The van der Waals surface area contributed by atoms with Crippen molar-refractivity contribution in [1.82, 2.24) is 0 Å². The summed E-state index contributed by atoms with van der Waals surface area (Å²) >= 11 is 5.81. The quantitative estimate of drug-likeness (QED) is 0.846. The van der Waals surface area contributed by atoms with Gasteiger partial charge in [-0.1, -0.05) is 11.6 Å². The minimum atomic E-state index is -4.06. The Balaban J connectivity index is 2.53. The summed E-state index contributed by atoms with van der Waals surface area (Å²) in [5.41, 5.74) is 0.847. The van der Waals surface area contributed by atoms with E-state index in [2.05, 4.69) is 0 Å². The molecule has 128 valence electrons. The number of hydrogen-bond acceptors (Lipinski definition) is 4. The lowest BCUT2D eigenvalue weighted by molar-refractivity contribution is -0.135. The van der Waals surface area contributed by atoms with E-state index in [0.717, 1.165) is 4.31 Å². The summed E-state index contributed by atoms with van der Waals surface area (Å²) in [5.74, 6) is -0.719. The molecule has 0 atom stereocenters. The Hall–Kier alpha value is -2.25. The van der Waals surface area contributed by atoms with E-state index in [-0.39, 0.29) is 10.6 Å². The molecule has 1 N–H and O–H groups in total. The number of sulfonamides is 1. The van der Waals surface area contributed by atoms with Crippen molar-refractivity contribution in [2.75, 3.05) is 18.0 Å². The fourth-order valence-electron chi connectivity index (χ4n) is 2.18. The molecule has 0 aliphatic heterocycles. The molecule has 0 unspecified atom stereocenters. The van der Waals surface area contributed by atoms with Gasteiger partial charge in [-0.3, -0.25) is 9.10 Å². The van der Waals surface area contributed by atoms with Crippen LogP contribution in [0.2, 0.25) is 5.02 Å². The van der Waals surface area contributed by atoms with E-state index in [4.69, 9.17) is 21.4 Å². The number of rotatable bonds is 6. The number of carbonyl (C=O) groups is 1. The molecular formula is C16H16ClNO5S. The molecule has 8 heteroatoms. The first-order valence-electron chi connectivity index (χ1n) is 6.90. The third-order valence-electron chi connectivity index (χ3n) is 3.35. The summed E-state index contributed by atoms with van der Waals surface area (Å²) in [5, 5.41) is 9.52. The van der Waals surface area contributed by atoms with Crippen molar-refractivity contribution in [2.45, 2.75) is 11.8 Å². The Morgan fingerprint density at radius 3 is 2.33 bits per heavy atom. The van der Waals surface area contributed by atoms with Crippen LogP contribution in [0.15, 0.2) is 47.4 Å². The number of carboxylic acids is 1. The summed E-state index contributed by atoms with van der Waals surface area (Å²) in [6.45, 7) is 1.01. The van der Waals surface area contributed by atoms with Crippen molar-refractivity contribution in [2.24, 2.45) is 0 Å². The molecule has 0 amide bonds. The molecule has 0 saturated carbocycles. The average Bonchev–Trinajstić information content (AvgIpc) is 2.53. The second-order valence-electron chi connectivity index (χ2n) is 5.01. The fraction of sp³-hybridized carbons (Fsp3) is 0.188. The highest BCUT2D eigenvalue weighted by Crippen LogP contribution is 2.28. The summed E-state index contributed by atoms with van der Waals surface area (Å²) < 4.78 is 31.7. The van der Waals surface area contributed by atoms with Crippen LogP contribution >= 0.6 is 11.6 Å². The van der Waals surface area contributed by atoms with Crippen LogP contribution < -0.4 is 9.04 Å². The van der Waals surface area contributed by atoms with Gasteiger partial charge in [0.25, 0.3) is 10.0 Å². The molecule has 0 heterocycles. The van der Waals surface area contributed by atoms with Crippen LogP contribution in [0.3, 0.4) is 0 Å². The molecule has 0 bridgehead atoms. The Morgan fingerprint density at radius 1 is 1.21 bits per heavy atom. The average molecular weight is 370 g/mol. The van der Waals surface area contributed by atoms with Gasteiger partial charge in [0.2, 0.25) is 0 Å². The van der Waals surface area contributed by atoms with Gasteiger partial charge < -0.3 is 9.84 Å². The highest BCUT2D eigenvalue weighted by atomic mass is 35.5. The molecule has 2 aromatic rings. The van der Waals surface area contributed by atoms with Crippen LogP contribution in [0.25, 0.3) is 0 Å². The van der Waals surface area contributed by atoms with Gasteiger partial charge in [-0.25, -0.2) is 8.42 Å². The monoisotopic (exact) mass is 369 g/mol. The number of anilines is 1. The zero-order valence-electron chi connectivity index (χ0n) is 13.1. The fourth-order valence-corrected chi connectivity index (χ4v) is 3.81. The van der Waals surface area contributed by atoms with E-state index in [1.807, 2.05) is 0 Å². The normalized spacial score (nSPS) is 11.1. The lowest BCUT2D eigenvalue weighted by atomic mass is 10.2. The lowest BCUT2D eigenvalue weighted by Gasteiger charge is -2.23. The van der Waals surface area contributed by atoms with Gasteiger partial charge in [0.05, 0.1) is 17.7 Å². The summed E-state index contributed by atoms with van der Waals surface area (Å²) in [7, 11) is -2.57. The van der Waals surface area contributed by atoms with Crippen LogP contribution in [0, 0.1) is 6.92 Å². The number of methoxy groups -OCH3 is 1. The molecule has 0 saturated heterocycles. The summed E-state index contributed by atoms with van der Waals surface area (Å²) in [6.07, 6.45) is 0. The molecule has 24 heavy (non-hydrogen) atoms. The molecule has 0 aliphatic carbocycles. The van der Waals surface area contributed by atoms with Crippen molar-refractivity contribution in [3.05, 3.63) is 53.1 Å². The van der Waals surface area contributed by atoms with Crippen LogP contribution in [0.4, 0.5) is 5.69 Å². The maximum Gasteiger partial charge on any atom is 0.324 e. The highest BCUT2D eigenvalue weighted by Gasteiger charge is 2.27. The van der Waals surface area contributed by atoms with Gasteiger partial charge in [0, 0.05) is 5.02 Å². The van der Waals surface area contributed by atoms with Gasteiger partial charge in [0.15, 0.2) is 0 Å². The molecule has 0 aromatic heterocycles. The summed E-state index contributed by atoms with van der Waals surface area (Å²) in [6, 6.07) is 10.3. The smallest absolute Gasteiger partial charge is 0.324 e. The first kappa shape index (κ1) is 18.1. The van der Waals surface area contributed by atoms with Crippen molar-refractivity contribution < 1.29 is 23.1 Å². The van der Waals surface area contributed by atoms with Crippen molar-refractivity contribution in [3.63, 3.8) is 0 Å². The minimum Gasteiger partial charge on any atom is -0.496 e. The summed E-state index contributed by atoms with van der Waals surface area (Å²) in [4.78, 5) is 11.1. The largest absolute Gasteiger partial charge is 0.496 e. The Morgan fingerprint density at radius 2 is 1.83 bits per heavy atom. The standard InChI is InChI=1S/C16H16ClNO5S/c1-11-9-14(7-8-15(11)23-2)24(21,22)18(10-16(19)20)13-5-3-12(17)4-6-13/h3-9H,10H2,1-2H3,(H,19,20). The van der Waals surface area contributed by atoms with Crippen LogP contribution in [0.5, 0.6) is 5.75 Å². The number of hydrogen-bond donors (Lipinski definition) is 1. The molecule has 0 aliphatic rings. The molecule has 0 radical (unpaired) electrons. The van der Waals surface area contributed by atoms with Gasteiger partial charge in [-0.05, 0) is 55.0 Å². The Bertz CT molecular complexity index is 849. The zero-order valence-corrected chi connectivity index (χ0v) is 14.6. The van der Waals surface area contributed by atoms with Crippen molar-refractivity contribution >= 4 is 33.3 Å². The van der Waals surface area contributed by atoms with E-state index < -0.39 is 22.5 Å². The van der Waals surface area contributed by atoms with Crippen LogP contribution in [0.1, 0.15) is 5.56 Å². The molecule has 0 fully saturated rings. The van der Waals surface area contributed by atoms with E-state index >= 15 is 0 Å². The first-order chi connectivity index (χ1) is 11.3. The molecule has 0 spiro atoms. The van der Waals surface area contributed by atoms with E-state index in [1.54, 1.807) is 6.92 Å². The van der Waals surface area contributed by atoms with E-state index in [9.17, 15) is 13.2 Å². The van der Waals surface area contributed by atoms with E-state index in [0.29, 0.717) is 16.3 Å². The van der Waals surface area contributed by atoms with E-state index in [1.165, 1.54) is 49.6 Å². The zero-order chi connectivity index (χ0) is 17.9. The maximum atomic E-state index is 12.9. The van der Waals surface area contributed by atoms with Crippen LogP contribution in [-0.2, 0) is 14.8 Å². The number of benzene rings is 2. The molecule has 2 rings (SSSR count). The number of aliphatic carboxylic acids is 1. The predicted octanol–water partition coefficient (Wildman–Crippen LogP) is 2.94. The van der Waals surface area contributed by atoms with Crippen molar-refractivity contribution in [3.8, 4) is 5.75 Å². The SMILES string of the molecule is COc1ccc(S(=O)(=O)N(CC(=O)O)c2ccc(Cl)cc2)cc1C. The number of halogens is 1. The van der Waals surface area contributed by atoms with Gasteiger partial charge >= 0.3 is 5.97 Å². The second-order valence-corrected chi connectivity index (χ2v) is 7.31. The molecule has 2 aromatic carbocycles. The van der Waals surface area contributed by atoms with Gasteiger partial charge in [-0.2, -0.15) is 0 Å². The minimum absolute atomic E-state index is 0.0167. The Kier molecular flexibility index (Phi) is 5.36. The lowest BCUT2D eigenvalue weighted by Crippen LogP contribution is -2.35. The topological polar surface area (TPSA) is 83.9 Å². The molecule has 6 nitrogen and oxygen atoms in total.